The maximum Gasteiger partial charge on any atom is 0.320 e. The number of nitrogens with zero attached hydrogens (tertiary/aromatic N) is 4. The predicted octanol–water partition coefficient (Wildman–Crippen LogP) is 0.00900. The monoisotopic (exact) mass is 267 g/mol. The molecule has 0 aromatic carbocycles. The number of nitrogens with one attached hydrogen (secondary N) is 1. The van der Waals surface area contributed by atoms with Crippen LogP contribution in [0, 0.1) is 11.8 Å². The Balaban J connectivity index is 1.95. The van der Waals surface area contributed by atoms with Gasteiger partial charge in [-0.2, -0.15) is 5.10 Å². The lowest BCUT2D eigenvalue weighted by molar-refractivity contribution is -0.142. The molecule has 0 bridgehead atoms. The van der Waals surface area contributed by atoms with Gasteiger partial charge in [0.2, 0.25) is 0 Å². The lowest BCUT2D eigenvalue weighted by atomic mass is 9.99. The van der Waals surface area contributed by atoms with Crippen LogP contribution in [0.25, 0.3) is 0 Å². The highest BCUT2D eigenvalue weighted by Crippen LogP contribution is 2.24. The van der Waals surface area contributed by atoms with Crippen molar-refractivity contribution in [3.63, 3.8) is 0 Å². The fraction of sp³-hybridized carbons (Fsp3) is 0.636. The van der Waals surface area contributed by atoms with Gasteiger partial charge in [-0.05, 0) is 5.92 Å². The Bertz CT molecular complexity index is 461. The molecule has 0 spiro atoms. The molecule has 0 aliphatic carbocycles. The van der Waals surface area contributed by atoms with Gasteiger partial charge in [0.1, 0.15) is 12.2 Å². The van der Waals surface area contributed by atoms with E-state index in [1.54, 1.807) is 11.9 Å². The number of carbonyl (C=O) groups is 2. The molecule has 0 saturated carbocycles. The summed E-state index contributed by atoms with van der Waals surface area (Å²) in [5, 5.41) is 15.5. The van der Waals surface area contributed by atoms with Crippen molar-refractivity contribution in [1.29, 1.82) is 0 Å². The number of aliphatic carboxylic acids is 1. The Labute approximate surface area is 110 Å². The van der Waals surface area contributed by atoms with Gasteiger partial charge in [-0.25, -0.2) is 9.78 Å². The molecule has 2 N–H and O–H groups in total. The molecule has 0 radical (unpaired) electrons. The second kappa shape index (κ2) is 5.25. The molecule has 1 aliphatic heterocycles. The van der Waals surface area contributed by atoms with E-state index in [2.05, 4.69) is 15.2 Å². The minimum absolute atomic E-state index is 0.0277. The standard InChI is InChI=1S/C11H17N5O3/c1-7-3-16(4-8(7)10(17)18)11(19)15(2)5-9-12-6-13-14-9/h6-8H,3-5H2,1-2H3,(H,17,18)(H,12,13,14). The van der Waals surface area contributed by atoms with Gasteiger partial charge in [-0.15, -0.1) is 0 Å². The lowest BCUT2D eigenvalue weighted by Gasteiger charge is -2.23. The van der Waals surface area contributed by atoms with Gasteiger partial charge in [-0.3, -0.25) is 9.89 Å². The molecule has 1 saturated heterocycles. The van der Waals surface area contributed by atoms with Crippen molar-refractivity contribution < 1.29 is 14.7 Å². The number of amides is 2. The molecule has 1 aromatic rings. The Morgan fingerprint density at radius 3 is 2.84 bits per heavy atom. The third kappa shape index (κ3) is 2.83. The largest absolute Gasteiger partial charge is 0.481 e. The number of aromatic nitrogens is 3. The van der Waals surface area contributed by atoms with Crippen molar-refractivity contribution in [2.45, 2.75) is 13.5 Å². The number of likely N-dealkylation sites (tertiary alicyclic amines) is 1. The van der Waals surface area contributed by atoms with E-state index in [0.717, 1.165) is 0 Å². The topological polar surface area (TPSA) is 102 Å². The Morgan fingerprint density at radius 2 is 2.32 bits per heavy atom. The van der Waals surface area contributed by atoms with Crippen LogP contribution in [0.5, 0.6) is 0 Å². The highest BCUT2D eigenvalue weighted by Gasteiger charge is 2.37. The Kier molecular flexibility index (Phi) is 3.68. The number of hydrogen-bond acceptors (Lipinski definition) is 4. The molecule has 2 rings (SSSR count). The van der Waals surface area contributed by atoms with E-state index < -0.39 is 11.9 Å². The minimum atomic E-state index is -0.847. The molecule has 8 nitrogen and oxygen atoms in total. The van der Waals surface area contributed by atoms with Crippen LogP contribution in [-0.2, 0) is 11.3 Å². The maximum absolute atomic E-state index is 12.2. The van der Waals surface area contributed by atoms with Crippen molar-refractivity contribution in [1.82, 2.24) is 25.0 Å². The number of carboxylic acid groups (broad SMARTS) is 1. The van der Waals surface area contributed by atoms with Crippen LogP contribution in [0.2, 0.25) is 0 Å². The number of aromatic amines is 1. The van der Waals surface area contributed by atoms with Crippen LogP contribution in [0.1, 0.15) is 12.7 Å². The molecule has 2 atom stereocenters. The molecule has 2 unspecified atom stereocenters. The summed E-state index contributed by atoms with van der Waals surface area (Å²) >= 11 is 0. The first kappa shape index (κ1) is 13.3. The van der Waals surface area contributed by atoms with E-state index in [9.17, 15) is 9.59 Å². The summed E-state index contributed by atoms with van der Waals surface area (Å²) in [4.78, 5) is 30.2. The van der Waals surface area contributed by atoms with Crippen LogP contribution in [0.4, 0.5) is 4.79 Å². The molecule has 1 fully saturated rings. The highest BCUT2D eigenvalue weighted by molar-refractivity contribution is 5.77. The zero-order chi connectivity index (χ0) is 14.0. The van der Waals surface area contributed by atoms with Gasteiger partial charge in [0.25, 0.3) is 0 Å². The van der Waals surface area contributed by atoms with Gasteiger partial charge >= 0.3 is 12.0 Å². The lowest BCUT2D eigenvalue weighted by Crippen LogP contribution is -2.40. The third-order valence-corrected chi connectivity index (χ3v) is 3.38. The fourth-order valence-corrected chi connectivity index (χ4v) is 2.29. The van der Waals surface area contributed by atoms with Crippen LogP contribution < -0.4 is 0 Å². The summed E-state index contributed by atoms with van der Waals surface area (Å²) in [5.74, 6) is -0.763. The zero-order valence-electron chi connectivity index (χ0n) is 10.9. The van der Waals surface area contributed by atoms with Crippen LogP contribution in [-0.4, -0.2) is 62.2 Å². The summed E-state index contributed by atoms with van der Waals surface area (Å²) in [6.45, 7) is 2.90. The minimum Gasteiger partial charge on any atom is -0.481 e. The van der Waals surface area contributed by atoms with Crippen molar-refractivity contribution in [3.8, 4) is 0 Å². The number of rotatable bonds is 3. The summed E-state index contributed by atoms with van der Waals surface area (Å²) in [7, 11) is 1.66. The van der Waals surface area contributed by atoms with E-state index in [0.29, 0.717) is 18.9 Å². The van der Waals surface area contributed by atoms with E-state index >= 15 is 0 Å². The van der Waals surface area contributed by atoms with E-state index in [1.807, 2.05) is 6.92 Å². The second-order valence-electron chi connectivity index (χ2n) is 4.90. The van der Waals surface area contributed by atoms with Crippen LogP contribution in [0.3, 0.4) is 0 Å². The van der Waals surface area contributed by atoms with Gasteiger partial charge in [-0.1, -0.05) is 6.92 Å². The number of carbonyl (C=O) groups excluding carboxylic acids is 1. The Morgan fingerprint density at radius 1 is 1.58 bits per heavy atom. The second-order valence-corrected chi connectivity index (χ2v) is 4.90. The fourth-order valence-electron chi connectivity index (χ4n) is 2.29. The molecular weight excluding hydrogens is 250 g/mol. The number of carboxylic acids is 1. The van der Waals surface area contributed by atoms with Crippen LogP contribution >= 0.6 is 0 Å². The first-order valence-electron chi connectivity index (χ1n) is 6.06. The molecule has 8 heteroatoms. The summed E-state index contributed by atoms with van der Waals surface area (Å²) in [6, 6.07) is -0.188. The zero-order valence-corrected chi connectivity index (χ0v) is 10.9. The van der Waals surface area contributed by atoms with E-state index in [4.69, 9.17) is 5.11 Å². The van der Waals surface area contributed by atoms with Crippen LogP contribution in [0.15, 0.2) is 6.33 Å². The Hall–Kier alpha value is -2.12. The van der Waals surface area contributed by atoms with Crippen molar-refractivity contribution in [3.05, 3.63) is 12.2 Å². The quantitative estimate of drug-likeness (QED) is 0.803. The van der Waals surface area contributed by atoms with Gasteiger partial charge < -0.3 is 14.9 Å². The summed E-state index contributed by atoms with van der Waals surface area (Å²) in [5.41, 5.74) is 0. The van der Waals surface area contributed by atoms with Gasteiger partial charge in [0.05, 0.1) is 12.5 Å². The SMILES string of the molecule is CC1CN(C(=O)N(C)Cc2ncn[nH]2)CC1C(=O)O. The highest BCUT2D eigenvalue weighted by atomic mass is 16.4. The number of hydrogen-bond donors (Lipinski definition) is 2. The van der Waals surface area contributed by atoms with E-state index in [-0.39, 0.29) is 18.5 Å². The molecule has 2 amide bonds. The van der Waals surface area contributed by atoms with Crippen molar-refractivity contribution in [2.24, 2.45) is 11.8 Å². The number of H-pyrrole nitrogens is 1. The molecule has 19 heavy (non-hydrogen) atoms. The van der Waals surface area contributed by atoms with E-state index in [1.165, 1.54) is 11.2 Å². The summed E-state index contributed by atoms with van der Waals surface area (Å²) in [6.07, 6.45) is 1.38. The molecule has 2 heterocycles. The normalized spacial score (nSPS) is 22.5. The van der Waals surface area contributed by atoms with Gasteiger partial charge in [0, 0.05) is 20.1 Å². The number of urea groups is 1. The smallest absolute Gasteiger partial charge is 0.320 e. The first-order chi connectivity index (χ1) is 8.99. The average Bonchev–Trinajstić information content (AvgIpc) is 2.97. The predicted molar refractivity (Wildman–Crippen MR) is 65.1 cm³/mol. The van der Waals surface area contributed by atoms with Crippen molar-refractivity contribution in [2.75, 3.05) is 20.1 Å². The average molecular weight is 267 g/mol. The molecular formula is C11H17N5O3. The maximum atomic E-state index is 12.2. The third-order valence-electron chi connectivity index (χ3n) is 3.38. The first-order valence-corrected chi connectivity index (χ1v) is 6.06. The molecule has 104 valence electrons. The molecule has 1 aliphatic rings. The summed E-state index contributed by atoms with van der Waals surface area (Å²) < 4.78 is 0. The van der Waals surface area contributed by atoms with Crippen molar-refractivity contribution >= 4 is 12.0 Å². The molecule has 1 aromatic heterocycles. The van der Waals surface area contributed by atoms with Gasteiger partial charge in [0.15, 0.2) is 0 Å².